The van der Waals surface area contributed by atoms with Crippen LogP contribution in [0.1, 0.15) is 18.7 Å². The first kappa shape index (κ1) is 13.4. The molecule has 0 aliphatic heterocycles. The number of nitrogens with one attached hydrogen (secondary N) is 1. The average molecular weight is 278 g/mol. The second kappa shape index (κ2) is 5.31. The monoisotopic (exact) mass is 278 g/mol. The largest absolute Gasteiger partial charge is 0.353 e. The molecule has 0 aliphatic carbocycles. The molecule has 0 unspecified atom stereocenters. The van der Waals surface area contributed by atoms with Crippen LogP contribution in [0.2, 0.25) is 0 Å². The predicted molar refractivity (Wildman–Crippen MR) is 74.5 cm³/mol. The zero-order valence-corrected chi connectivity index (χ0v) is 11.5. The molecule has 1 N–H and O–H groups in total. The topological polar surface area (TPSA) is 81.0 Å². The maximum Gasteiger partial charge on any atom is 0.305 e. The van der Waals surface area contributed by atoms with Crippen molar-refractivity contribution in [1.29, 1.82) is 0 Å². The second-order valence-electron chi connectivity index (χ2n) is 4.74. The van der Waals surface area contributed by atoms with Crippen LogP contribution in [-0.4, -0.2) is 21.4 Å². The quantitative estimate of drug-likeness (QED) is 0.672. The van der Waals surface area contributed by atoms with E-state index in [4.69, 9.17) is 0 Å². The molecule has 2 rings (SSSR count). The molecule has 0 atom stereocenters. The van der Waals surface area contributed by atoms with Crippen molar-refractivity contribution in [2.45, 2.75) is 19.3 Å². The molecule has 0 aliphatic rings. The van der Waals surface area contributed by atoms with Gasteiger partial charge in [-0.3, -0.25) is 10.1 Å². The van der Waals surface area contributed by atoms with E-state index >= 15 is 0 Å². The summed E-state index contributed by atoms with van der Waals surface area (Å²) in [6.45, 7) is 4.90. The van der Waals surface area contributed by atoms with E-state index in [-0.39, 0.29) is 11.1 Å². The molecule has 0 spiro atoms. The van der Waals surface area contributed by atoms with E-state index in [9.17, 15) is 10.1 Å². The maximum absolute atomic E-state index is 10.5. The van der Waals surface area contributed by atoms with Gasteiger partial charge in [0.2, 0.25) is 5.95 Å². The molecule has 0 fully saturated rings. The van der Waals surface area contributed by atoms with Crippen molar-refractivity contribution in [2.24, 2.45) is 0 Å². The number of aromatic nitrogens is 2. The molecule has 6 nitrogen and oxygen atoms in total. The van der Waals surface area contributed by atoms with Crippen molar-refractivity contribution in [1.82, 2.24) is 9.97 Å². The van der Waals surface area contributed by atoms with Crippen LogP contribution in [0.5, 0.6) is 0 Å². The minimum Gasteiger partial charge on any atom is -0.353 e. The Morgan fingerprint density at radius 1 is 1.42 bits per heavy atom. The maximum atomic E-state index is 10.5. The van der Waals surface area contributed by atoms with Crippen molar-refractivity contribution in [3.8, 4) is 0 Å². The van der Waals surface area contributed by atoms with Crippen LogP contribution < -0.4 is 5.32 Å². The lowest BCUT2D eigenvalue weighted by atomic mass is 9.91. The van der Waals surface area contributed by atoms with Crippen LogP contribution in [0.3, 0.4) is 0 Å². The highest BCUT2D eigenvalue weighted by Crippen LogP contribution is 2.27. The fraction of sp³-hybridized carbons (Fsp3) is 0.333. The molecule has 0 amide bonds. The van der Waals surface area contributed by atoms with Crippen molar-refractivity contribution >= 4 is 23.0 Å². The molecule has 0 saturated carbocycles. The van der Waals surface area contributed by atoms with Gasteiger partial charge in [-0.1, -0.05) is 19.9 Å². The molecule has 19 heavy (non-hydrogen) atoms. The van der Waals surface area contributed by atoms with E-state index in [2.05, 4.69) is 35.2 Å². The molecular weight excluding hydrogens is 264 g/mol. The molecule has 0 aromatic carbocycles. The van der Waals surface area contributed by atoms with Gasteiger partial charge < -0.3 is 5.32 Å². The summed E-state index contributed by atoms with van der Waals surface area (Å²) in [5, 5.41) is 15.6. The highest BCUT2D eigenvalue weighted by atomic mass is 32.1. The lowest BCUT2D eigenvalue weighted by molar-refractivity contribution is -0.385. The van der Waals surface area contributed by atoms with Crippen molar-refractivity contribution in [3.05, 3.63) is 44.9 Å². The molecule has 2 aromatic heterocycles. The van der Waals surface area contributed by atoms with Gasteiger partial charge in [-0.05, 0) is 11.4 Å². The molecule has 7 heteroatoms. The highest BCUT2D eigenvalue weighted by Gasteiger charge is 2.21. The number of rotatable bonds is 5. The molecule has 0 radical (unpaired) electrons. The Balaban J connectivity index is 2.00. The third-order valence-corrected chi connectivity index (χ3v) is 3.96. The lowest BCUT2D eigenvalue weighted by Crippen LogP contribution is -2.27. The Labute approximate surface area is 114 Å². The van der Waals surface area contributed by atoms with Crippen molar-refractivity contribution < 1.29 is 4.92 Å². The SMILES string of the molecule is CC(C)(CNc1ncc([N+](=O)[O-])cn1)c1cccs1. The van der Waals surface area contributed by atoms with Crippen LogP contribution in [0, 0.1) is 10.1 Å². The van der Waals surface area contributed by atoms with Gasteiger partial charge >= 0.3 is 5.69 Å². The van der Waals surface area contributed by atoms with Gasteiger partial charge in [0, 0.05) is 16.8 Å². The Hall–Kier alpha value is -2.02. The van der Waals surface area contributed by atoms with E-state index in [0.29, 0.717) is 12.5 Å². The summed E-state index contributed by atoms with van der Waals surface area (Å²) in [5.74, 6) is 0.398. The predicted octanol–water partition coefficient (Wildman–Crippen LogP) is 2.84. The van der Waals surface area contributed by atoms with Gasteiger partial charge in [0.25, 0.3) is 0 Å². The normalized spacial score (nSPS) is 11.3. The third-order valence-electron chi connectivity index (χ3n) is 2.73. The molecule has 0 bridgehead atoms. The first-order valence-corrected chi connectivity index (χ1v) is 6.61. The number of hydrogen-bond acceptors (Lipinski definition) is 6. The summed E-state index contributed by atoms with van der Waals surface area (Å²) in [6, 6.07) is 4.10. The highest BCUT2D eigenvalue weighted by molar-refractivity contribution is 7.10. The summed E-state index contributed by atoms with van der Waals surface area (Å²) < 4.78 is 0. The van der Waals surface area contributed by atoms with Crippen LogP contribution in [0.15, 0.2) is 29.9 Å². The van der Waals surface area contributed by atoms with Crippen LogP contribution in [0.4, 0.5) is 11.6 Å². The smallest absolute Gasteiger partial charge is 0.305 e. The Morgan fingerprint density at radius 3 is 2.63 bits per heavy atom. The summed E-state index contributed by atoms with van der Waals surface area (Å²) in [6.07, 6.45) is 2.40. The summed E-state index contributed by atoms with van der Waals surface area (Å²) in [4.78, 5) is 19.1. The Bertz CT molecular complexity index is 552. The first-order valence-electron chi connectivity index (χ1n) is 5.73. The number of nitro groups is 1. The molecule has 2 aromatic rings. The average Bonchev–Trinajstić information content (AvgIpc) is 2.91. The summed E-state index contributed by atoms with van der Waals surface area (Å²) >= 11 is 1.70. The van der Waals surface area contributed by atoms with Gasteiger partial charge in [0.1, 0.15) is 12.4 Å². The molecular formula is C12H14N4O2S. The number of hydrogen-bond donors (Lipinski definition) is 1. The van der Waals surface area contributed by atoms with Crippen molar-refractivity contribution in [2.75, 3.05) is 11.9 Å². The molecule has 2 heterocycles. The van der Waals surface area contributed by atoms with Crippen molar-refractivity contribution in [3.63, 3.8) is 0 Å². The standard InChI is InChI=1S/C12H14N4O2S/c1-12(2,10-4-3-5-19-10)8-15-11-13-6-9(7-14-11)16(17)18/h3-7H,8H2,1-2H3,(H,13,14,15). The minimum absolute atomic E-state index is 0.0424. The van der Waals surface area contributed by atoms with Crippen LogP contribution >= 0.6 is 11.3 Å². The van der Waals surface area contributed by atoms with Crippen LogP contribution in [0.25, 0.3) is 0 Å². The molecule has 100 valence electrons. The Kier molecular flexibility index (Phi) is 3.75. The van der Waals surface area contributed by atoms with Gasteiger partial charge in [-0.25, -0.2) is 9.97 Å². The summed E-state index contributed by atoms with van der Waals surface area (Å²) in [7, 11) is 0. The van der Waals surface area contributed by atoms with E-state index in [0.717, 1.165) is 0 Å². The zero-order valence-electron chi connectivity index (χ0n) is 10.7. The van der Waals surface area contributed by atoms with Gasteiger partial charge in [-0.15, -0.1) is 11.3 Å². The van der Waals surface area contributed by atoms with E-state index in [1.54, 1.807) is 11.3 Å². The fourth-order valence-electron chi connectivity index (χ4n) is 1.56. The van der Waals surface area contributed by atoms with E-state index < -0.39 is 4.92 Å². The minimum atomic E-state index is -0.515. The van der Waals surface area contributed by atoms with Gasteiger partial charge in [-0.2, -0.15) is 0 Å². The third kappa shape index (κ3) is 3.25. The fourth-order valence-corrected chi connectivity index (χ4v) is 2.41. The number of thiophene rings is 1. The summed E-state index contributed by atoms with van der Waals surface area (Å²) in [5.41, 5.74) is -0.151. The van der Waals surface area contributed by atoms with E-state index in [1.807, 2.05) is 11.4 Å². The Morgan fingerprint density at radius 2 is 2.11 bits per heavy atom. The zero-order chi connectivity index (χ0) is 13.9. The number of nitrogens with zero attached hydrogens (tertiary/aromatic N) is 3. The lowest BCUT2D eigenvalue weighted by Gasteiger charge is -2.23. The second-order valence-corrected chi connectivity index (χ2v) is 5.68. The van der Waals surface area contributed by atoms with Gasteiger partial charge in [0.05, 0.1) is 4.92 Å². The van der Waals surface area contributed by atoms with Crippen LogP contribution in [-0.2, 0) is 5.41 Å². The first-order chi connectivity index (χ1) is 8.99. The number of anilines is 1. The molecule has 0 saturated heterocycles. The van der Waals surface area contributed by atoms with Gasteiger partial charge in [0.15, 0.2) is 0 Å². The van der Waals surface area contributed by atoms with E-state index in [1.165, 1.54) is 17.3 Å².